The van der Waals surface area contributed by atoms with Gasteiger partial charge in [-0.1, -0.05) is 19.1 Å². The average molecular weight is 399 g/mol. The lowest BCUT2D eigenvalue weighted by Gasteiger charge is -2.18. The SMILES string of the molecule is COc1cc(C)c2[nH]c(=O)c3c(c2c1-c1ccc([C@@H](C)CN)c(F)c1)CCS3. The van der Waals surface area contributed by atoms with Crippen molar-refractivity contribution in [1.82, 2.24) is 4.98 Å². The van der Waals surface area contributed by atoms with Crippen LogP contribution in [-0.2, 0) is 6.42 Å². The first-order valence-corrected chi connectivity index (χ1v) is 10.3. The highest BCUT2D eigenvalue weighted by atomic mass is 32.2. The first-order chi connectivity index (χ1) is 13.5. The fourth-order valence-electron chi connectivity index (χ4n) is 3.97. The molecule has 1 aliphatic rings. The third-order valence-corrected chi connectivity index (χ3v) is 6.63. The van der Waals surface area contributed by atoms with Crippen LogP contribution in [0.25, 0.3) is 22.0 Å². The van der Waals surface area contributed by atoms with Gasteiger partial charge in [0.1, 0.15) is 11.6 Å². The second-order valence-electron chi connectivity index (χ2n) is 7.25. The number of thioether (sulfide) groups is 1. The van der Waals surface area contributed by atoms with Crippen LogP contribution in [0, 0.1) is 12.7 Å². The van der Waals surface area contributed by atoms with Crippen molar-refractivity contribution in [3.63, 3.8) is 0 Å². The number of rotatable bonds is 4. The van der Waals surface area contributed by atoms with Crippen molar-refractivity contribution in [2.75, 3.05) is 19.4 Å². The average Bonchev–Trinajstić information content (AvgIpc) is 3.18. The number of H-pyrrole nitrogens is 1. The van der Waals surface area contributed by atoms with Crippen LogP contribution < -0.4 is 16.0 Å². The summed E-state index contributed by atoms with van der Waals surface area (Å²) in [6.45, 7) is 4.25. The standard InChI is InChI=1S/C22H23FN2O2S/c1-11-8-17(27-3)18(13-4-5-14(12(2)10-24)16(23)9-13)19-15-6-7-28-21(15)22(26)25-20(11)19/h4-5,8-9,12H,6-7,10,24H2,1-3H3,(H,25,26)/t12-/m0/s1. The second kappa shape index (κ2) is 7.26. The number of benzene rings is 2. The molecule has 1 atom stereocenters. The topological polar surface area (TPSA) is 68.1 Å². The Balaban J connectivity index is 2.07. The van der Waals surface area contributed by atoms with Crippen LogP contribution in [0.4, 0.5) is 4.39 Å². The molecule has 3 N–H and O–H groups in total. The summed E-state index contributed by atoms with van der Waals surface area (Å²) in [5, 5.41) is 0.954. The molecule has 1 aliphatic heterocycles. The molecular formula is C22H23FN2O2S. The molecule has 146 valence electrons. The lowest BCUT2D eigenvalue weighted by molar-refractivity contribution is 0.416. The van der Waals surface area contributed by atoms with Gasteiger partial charge in [0.2, 0.25) is 0 Å². The van der Waals surface area contributed by atoms with Crippen molar-refractivity contribution < 1.29 is 9.13 Å². The number of nitrogens with one attached hydrogen (secondary N) is 1. The molecule has 2 aromatic carbocycles. The van der Waals surface area contributed by atoms with E-state index in [2.05, 4.69) is 4.98 Å². The summed E-state index contributed by atoms with van der Waals surface area (Å²) in [4.78, 5) is 16.3. The summed E-state index contributed by atoms with van der Waals surface area (Å²) < 4.78 is 20.5. The highest BCUT2D eigenvalue weighted by Gasteiger charge is 2.25. The Hall–Kier alpha value is -2.31. The van der Waals surface area contributed by atoms with Gasteiger partial charge >= 0.3 is 0 Å². The Morgan fingerprint density at radius 2 is 2.14 bits per heavy atom. The van der Waals surface area contributed by atoms with Gasteiger partial charge in [-0.15, -0.1) is 11.8 Å². The maximum Gasteiger partial charge on any atom is 0.262 e. The Bertz CT molecular complexity index is 1140. The minimum atomic E-state index is -0.276. The fourth-order valence-corrected chi connectivity index (χ4v) is 5.04. The number of pyridine rings is 1. The van der Waals surface area contributed by atoms with Gasteiger partial charge in [-0.25, -0.2) is 4.39 Å². The lowest BCUT2D eigenvalue weighted by Crippen LogP contribution is -2.11. The Kier molecular flexibility index (Phi) is 4.93. The zero-order valence-corrected chi connectivity index (χ0v) is 17.0. The van der Waals surface area contributed by atoms with E-state index < -0.39 is 0 Å². The molecule has 0 radical (unpaired) electrons. The molecule has 3 aromatic rings. The number of aromatic amines is 1. The fraction of sp³-hybridized carbons (Fsp3) is 0.318. The molecule has 28 heavy (non-hydrogen) atoms. The van der Waals surface area contributed by atoms with Crippen molar-refractivity contribution in [2.45, 2.75) is 31.1 Å². The second-order valence-corrected chi connectivity index (χ2v) is 8.36. The number of hydrogen-bond donors (Lipinski definition) is 2. The van der Waals surface area contributed by atoms with E-state index in [1.165, 1.54) is 0 Å². The number of aryl methyl sites for hydroxylation is 2. The summed E-state index contributed by atoms with van der Waals surface area (Å²) in [5.41, 5.74) is 10.6. The van der Waals surface area contributed by atoms with Gasteiger partial charge in [-0.2, -0.15) is 0 Å². The number of hydrogen-bond acceptors (Lipinski definition) is 4. The minimum absolute atomic E-state index is 0.0530. The molecule has 0 bridgehead atoms. The van der Waals surface area contributed by atoms with Gasteiger partial charge in [0.05, 0.1) is 17.5 Å². The first-order valence-electron chi connectivity index (χ1n) is 9.35. The van der Waals surface area contributed by atoms with Crippen LogP contribution >= 0.6 is 11.8 Å². The first kappa shape index (κ1) is 19.0. The molecule has 0 amide bonds. The molecule has 0 spiro atoms. The molecule has 0 aliphatic carbocycles. The minimum Gasteiger partial charge on any atom is -0.496 e. The van der Waals surface area contributed by atoms with E-state index in [1.54, 1.807) is 31.0 Å². The van der Waals surface area contributed by atoms with Gasteiger partial charge in [-0.05, 0) is 60.2 Å². The van der Waals surface area contributed by atoms with Gasteiger partial charge in [0, 0.05) is 16.7 Å². The molecule has 6 heteroatoms. The summed E-state index contributed by atoms with van der Waals surface area (Å²) in [7, 11) is 1.62. The monoisotopic (exact) mass is 398 g/mol. The normalized spacial score (nSPS) is 14.3. The van der Waals surface area contributed by atoms with E-state index in [4.69, 9.17) is 10.5 Å². The van der Waals surface area contributed by atoms with Crippen LogP contribution in [0.2, 0.25) is 0 Å². The quantitative estimate of drug-likeness (QED) is 0.685. The zero-order valence-electron chi connectivity index (χ0n) is 16.2. The number of fused-ring (bicyclic) bond motifs is 3. The van der Waals surface area contributed by atoms with Gasteiger partial charge in [-0.3, -0.25) is 4.79 Å². The molecule has 2 heterocycles. The molecule has 1 aromatic heterocycles. The number of methoxy groups -OCH3 is 1. The van der Waals surface area contributed by atoms with E-state index in [-0.39, 0.29) is 17.3 Å². The Morgan fingerprint density at radius 1 is 1.36 bits per heavy atom. The van der Waals surface area contributed by atoms with E-state index in [0.717, 1.165) is 50.2 Å². The molecule has 4 nitrogen and oxygen atoms in total. The molecule has 0 saturated heterocycles. The van der Waals surface area contributed by atoms with Crippen LogP contribution in [0.5, 0.6) is 5.75 Å². The van der Waals surface area contributed by atoms with E-state index in [0.29, 0.717) is 17.9 Å². The van der Waals surface area contributed by atoms with Crippen molar-refractivity contribution in [3.05, 3.63) is 57.1 Å². The molecule has 4 rings (SSSR count). The van der Waals surface area contributed by atoms with Gasteiger partial charge in [0.15, 0.2) is 0 Å². The maximum atomic E-state index is 14.9. The third-order valence-electron chi connectivity index (χ3n) is 5.50. The summed E-state index contributed by atoms with van der Waals surface area (Å²) in [6, 6.07) is 7.16. The smallest absolute Gasteiger partial charge is 0.262 e. The van der Waals surface area contributed by atoms with Crippen molar-refractivity contribution >= 4 is 22.7 Å². The molecule has 0 fully saturated rings. The highest BCUT2D eigenvalue weighted by Crippen LogP contribution is 2.44. The number of ether oxygens (including phenoxy) is 1. The Morgan fingerprint density at radius 3 is 2.82 bits per heavy atom. The van der Waals surface area contributed by atoms with Crippen LogP contribution in [0.15, 0.2) is 34.0 Å². The zero-order chi connectivity index (χ0) is 20.0. The molecule has 0 saturated carbocycles. The number of aromatic nitrogens is 1. The Labute approximate surface area is 167 Å². The molecule has 0 unspecified atom stereocenters. The van der Waals surface area contributed by atoms with Crippen molar-refractivity contribution in [1.29, 1.82) is 0 Å². The van der Waals surface area contributed by atoms with Crippen molar-refractivity contribution in [2.24, 2.45) is 5.73 Å². The van der Waals surface area contributed by atoms with E-state index in [9.17, 15) is 9.18 Å². The van der Waals surface area contributed by atoms with Crippen LogP contribution in [0.1, 0.15) is 29.5 Å². The van der Waals surface area contributed by atoms with Crippen molar-refractivity contribution in [3.8, 4) is 16.9 Å². The molecular weight excluding hydrogens is 375 g/mol. The summed E-state index contributed by atoms with van der Waals surface area (Å²) >= 11 is 1.57. The predicted octanol–water partition coefficient (Wildman–Crippen LogP) is 4.36. The highest BCUT2D eigenvalue weighted by molar-refractivity contribution is 7.99. The summed E-state index contributed by atoms with van der Waals surface area (Å²) in [5.74, 6) is 1.22. The predicted molar refractivity (Wildman–Crippen MR) is 113 cm³/mol. The van der Waals surface area contributed by atoms with E-state index >= 15 is 0 Å². The number of nitrogens with two attached hydrogens (primary N) is 1. The third kappa shape index (κ3) is 2.91. The number of halogens is 1. The maximum absolute atomic E-state index is 14.9. The summed E-state index contributed by atoms with van der Waals surface area (Å²) in [6.07, 6.45) is 0.810. The van der Waals surface area contributed by atoms with E-state index in [1.807, 2.05) is 26.0 Å². The van der Waals surface area contributed by atoms with Gasteiger partial charge in [0.25, 0.3) is 5.56 Å². The van der Waals surface area contributed by atoms with Crippen LogP contribution in [0.3, 0.4) is 0 Å². The lowest BCUT2D eigenvalue weighted by atomic mass is 9.91. The largest absolute Gasteiger partial charge is 0.496 e. The van der Waals surface area contributed by atoms with Crippen LogP contribution in [-0.4, -0.2) is 24.4 Å². The van der Waals surface area contributed by atoms with Gasteiger partial charge < -0.3 is 15.5 Å².